The van der Waals surface area contributed by atoms with Gasteiger partial charge in [-0.2, -0.15) is 9.15 Å². The van der Waals surface area contributed by atoms with Crippen molar-refractivity contribution in [1.82, 2.24) is 0 Å². The molecule has 3 aliphatic rings. The van der Waals surface area contributed by atoms with Crippen LogP contribution < -0.4 is 4.90 Å². The molecular weight excluding hydrogens is 571 g/mol. The zero-order valence-corrected chi connectivity index (χ0v) is 30.1. The smallest absolute Gasteiger partial charge is 0.209 e. The first-order valence-electron chi connectivity index (χ1n) is 17.4. The molecule has 3 nitrogen and oxygen atoms in total. The molecule has 3 aromatic carbocycles. The topological polar surface area (TPSA) is 9.26 Å². The highest BCUT2D eigenvalue weighted by Crippen LogP contribution is 2.47. The van der Waals surface area contributed by atoms with Crippen molar-refractivity contribution in [1.29, 1.82) is 0 Å². The van der Waals surface area contributed by atoms with Gasteiger partial charge in [0.15, 0.2) is 11.4 Å². The van der Waals surface area contributed by atoms with E-state index in [-0.39, 0.29) is 16.2 Å². The van der Waals surface area contributed by atoms with Gasteiger partial charge in [-0.05, 0) is 65.0 Å². The number of anilines is 1. The van der Waals surface area contributed by atoms with E-state index in [2.05, 4.69) is 186 Å². The van der Waals surface area contributed by atoms with Crippen molar-refractivity contribution in [2.24, 2.45) is 0 Å². The minimum Gasteiger partial charge on any atom is -0.347 e. The van der Waals surface area contributed by atoms with Gasteiger partial charge < -0.3 is 4.90 Å². The summed E-state index contributed by atoms with van der Waals surface area (Å²) in [7, 11) is 6.62. The van der Waals surface area contributed by atoms with Crippen LogP contribution >= 0.6 is 0 Å². The molecule has 0 unspecified atom stereocenters. The molecule has 0 bridgehead atoms. The van der Waals surface area contributed by atoms with E-state index in [9.17, 15) is 0 Å². The van der Waals surface area contributed by atoms with Crippen molar-refractivity contribution in [2.75, 3.05) is 26.0 Å². The number of unbranched alkanes of at least 4 members (excludes halogenated alkanes) is 1. The van der Waals surface area contributed by atoms with Crippen LogP contribution in [0.4, 0.5) is 17.1 Å². The normalized spacial score (nSPS) is 20.2. The Kier molecular flexibility index (Phi) is 8.63. The van der Waals surface area contributed by atoms with Gasteiger partial charge in [0.05, 0.1) is 10.8 Å². The molecule has 242 valence electrons. The molecule has 6 rings (SSSR count). The fraction of sp³-hybridized carbons (Fsp3) is 0.364. The molecule has 0 amide bonds. The molecule has 0 aromatic heterocycles. The van der Waals surface area contributed by atoms with Crippen LogP contribution in [0.25, 0.3) is 0 Å². The molecule has 0 atom stereocenters. The summed E-state index contributed by atoms with van der Waals surface area (Å²) in [5.74, 6) is 0. The lowest BCUT2D eigenvalue weighted by molar-refractivity contribution is -0.401. The number of fused-ring (bicyclic) bond motifs is 3. The number of benzene rings is 3. The monoisotopic (exact) mass is 623 g/mol. The SMILES string of the molecule is CN1C(=CCCC=C(C=CC2=[N+](C)c3ccccc3C2(C)C)CCC=CC2=[N+](C)c3ccccc3C2(C)C)C(C)(C)c2ccccc21. The number of likely N-dealkylation sites (N-methyl/N-ethyl adjacent to an activating group) is 1. The van der Waals surface area contributed by atoms with Crippen LogP contribution in [-0.2, 0) is 16.2 Å². The van der Waals surface area contributed by atoms with E-state index in [4.69, 9.17) is 0 Å². The minimum atomic E-state index is -0.0325. The Balaban J connectivity index is 1.22. The Labute approximate surface area is 283 Å². The molecule has 0 aliphatic carbocycles. The van der Waals surface area contributed by atoms with Crippen molar-refractivity contribution < 1.29 is 9.15 Å². The Hall–Kier alpha value is -4.24. The average Bonchev–Trinajstić information content (AvgIpc) is 3.47. The van der Waals surface area contributed by atoms with Crippen LogP contribution in [0.1, 0.15) is 83.9 Å². The Morgan fingerprint density at radius 3 is 1.74 bits per heavy atom. The highest BCUT2D eigenvalue weighted by Gasteiger charge is 2.43. The van der Waals surface area contributed by atoms with E-state index in [1.807, 2.05) is 0 Å². The van der Waals surface area contributed by atoms with Crippen LogP contribution in [0.3, 0.4) is 0 Å². The van der Waals surface area contributed by atoms with E-state index in [1.165, 1.54) is 56.4 Å². The summed E-state index contributed by atoms with van der Waals surface area (Å²) in [5, 5.41) is 0. The van der Waals surface area contributed by atoms with Gasteiger partial charge in [-0.3, -0.25) is 0 Å². The molecule has 3 aromatic rings. The van der Waals surface area contributed by atoms with Gasteiger partial charge in [-0.15, -0.1) is 0 Å². The predicted octanol–water partition coefficient (Wildman–Crippen LogP) is 10.3. The lowest BCUT2D eigenvalue weighted by Gasteiger charge is -2.24. The van der Waals surface area contributed by atoms with Gasteiger partial charge in [0.1, 0.15) is 14.1 Å². The second kappa shape index (κ2) is 12.4. The van der Waals surface area contributed by atoms with Gasteiger partial charge in [-0.1, -0.05) is 98.3 Å². The van der Waals surface area contributed by atoms with Gasteiger partial charge in [-0.25, -0.2) is 0 Å². The van der Waals surface area contributed by atoms with Crippen LogP contribution in [0.5, 0.6) is 0 Å². The third-order valence-electron chi connectivity index (χ3n) is 11.1. The largest absolute Gasteiger partial charge is 0.347 e. The van der Waals surface area contributed by atoms with E-state index >= 15 is 0 Å². The van der Waals surface area contributed by atoms with Gasteiger partial charge in [0.25, 0.3) is 0 Å². The Morgan fingerprint density at radius 2 is 1.17 bits per heavy atom. The Morgan fingerprint density at radius 1 is 0.638 bits per heavy atom. The third-order valence-corrected chi connectivity index (χ3v) is 11.1. The van der Waals surface area contributed by atoms with Crippen molar-refractivity contribution in [3.8, 4) is 0 Å². The lowest BCUT2D eigenvalue weighted by Crippen LogP contribution is -2.26. The zero-order valence-electron chi connectivity index (χ0n) is 30.1. The maximum absolute atomic E-state index is 2.47. The molecular formula is C44H53N3+2. The molecule has 0 saturated carbocycles. The quantitative estimate of drug-likeness (QED) is 0.131. The summed E-state index contributed by atoms with van der Waals surface area (Å²) in [4.78, 5) is 2.38. The maximum Gasteiger partial charge on any atom is 0.209 e. The number of hydrogen-bond donors (Lipinski definition) is 0. The van der Waals surface area contributed by atoms with Crippen molar-refractivity contribution in [3.63, 3.8) is 0 Å². The van der Waals surface area contributed by atoms with Crippen LogP contribution in [-0.4, -0.2) is 41.7 Å². The predicted molar refractivity (Wildman–Crippen MR) is 201 cm³/mol. The molecule has 0 radical (unpaired) electrons. The van der Waals surface area contributed by atoms with Gasteiger partial charge in [0.2, 0.25) is 11.4 Å². The second-order valence-electron chi connectivity index (χ2n) is 15.1. The van der Waals surface area contributed by atoms with E-state index < -0.39 is 0 Å². The van der Waals surface area contributed by atoms with E-state index in [0.29, 0.717) is 0 Å². The van der Waals surface area contributed by atoms with E-state index in [0.717, 1.165) is 25.7 Å². The highest BCUT2D eigenvalue weighted by molar-refractivity contribution is 6.03. The van der Waals surface area contributed by atoms with Gasteiger partial charge in [0, 0.05) is 59.3 Å². The molecule has 47 heavy (non-hydrogen) atoms. The number of nitrogens with zero attached hydrogens (tertiary/aromatic N) is 3. The molecule has 3 heteroatoms. The average molecular weight is 624 g/mol. The van der Waals surface area contributed by atoms with Crippen molar-refractivity contribution in [2.45, 2.75) is 83.5 Å². The van der Waals surface area contributed by atoms with Crippen molar-refractivity contribution in [3.05, 3.63) is 137 Å². The Bertz CT molecular complexity index is 1890. The van der Waals surface area contributed by atoms with Crippen molar-refractivity contribution >= 4 is 28.5 Å². The molecule has 0 spiro atoms. The lowest BCUT2D eigenvalue weighted by atomic mass is 9.81. The number of hydrogen-bond acceptors (Lipinski definition) is 1. The summed E-state index contributed by atoms with van der Waals surface area (Å²) < 4.78 is 4.73. The molecule has 0 saturated heterocycles. The first-order chi connectivity index (χ1) is 22.4. The second-order valence-corrected chi connectivity index (χ2v) is 15.1. The van der Waals surface area contributed by atoms with Gasteiger partial charge >= 0.3 is 0 Å². The van der Waals surface area contributed by atoms with Crippen LogP contribution in [0.15, 0.2) is 121 Å². The zero-order chi connectivity index (χ0) is 33.6. The van der Waals surface area contributed by atoms with E-state index in [1.54, 1.807) is 0 Å². The maximum atomic E-state index is 2.47. The fourth-order valence-electron chi connectivity index (χ4n) is 8.35. The molecule has 3 aliphatic heterocycles. The summed E-state index contributed by atoms with van der Waals surface area (Å²) in [6.45, 7) is 14.1. The summed E-state index contributed by atoms with van der Waals surface area (Å²) in [5.41, 5.74) is 13.7. The van der Waals surface area contributed by atoms with Crippen LogP contribution in [0, 0.1) is 0 Å². The number of rotatable bonds is 9. The van der Waals surface area contributed by atoms with Crippen LogP contribution in [0.2, 0.25) is 0 Å². The fourth-order valence-corrected chi connectivity index (χ4v) is 8.35. The summed E-state index contributed by atoms with van der Waals surface area (Å²) in [6.07, 6.45) is 18.5. The molecule has 3 heterocycles. The minimum absolute atomic E-state index is 0.000954. The first-order valence-corrected chi connectivity index (χ1v) is 17.4. The number of para-hydroxylation sites is 3. The molecule has 0 fully saturated rings. The standard InChI is InChI=1S/C44H53N3/c1-42(2)33-22-12-15-25-36(33)45(7)39(42)28-18-10-20-32(30-31-41-44(5,6)35-24-14-17-27-38(35)47(41)9)21-11-19-29-40-43(3,4)34-23-13-16-26-37(34)46(40)8/h12-18,21-31H,10-11,19-20H2,1-9H3/q+2. The summed E-state index contributed by atoms with van der Waals surface area (Å²) >= 11 is 0. The third kappa shape index (κ3) is 5.69. The first kappa shape index (κ1) is 32.7. The molecule has 0 N–H and O–H groups in total. The summed E-state index contributed by atoms with van der Waals surface area (Å²) in [6, 6.07) is 26.5. The number of allylic oxidation sites excluding steroid dienone is 8. The highest BCUT2D eigenvalue weighted by atomic mass is 15.2.